The minimum atomic E-state index is -0.0904. The van der Waals surface area contributed by atoms with Crippen LogP contribution in [0.5, 0.6) is 11.5 Å². The second kappa shape index (κ2) is 9.11. The van der Waals surface area contributed by atoms with Crippen LogP contribution in [0.15, 0.2) is 42.5 Å². The normalized spacial score (nSPS) is 15.7. The first-order valence-corrected chi connectivity index (χ1v) is 9.98. The van der Waals surface area contributed by atoms with Crippen molar-refractivity contribution in [3.05, 3.63) is 53.6 Å². The fraction of sp³-hybridized carbons (Fsp3) is 0.435. The number of rotatable bonds is 7. The van der Waals surface area contributed by atoms with Crippen molar-refractivity contribution >= 4 is 11.6 Å². The molecule has 0 bridgehead atoms. The van der Waals surface area contributed by atoms with Crippen LogP contribution in [-0.2, 0) is 4.79 Å². The third-order valence-electron chi connectivity index (χ3n) is 5.04. The maximum absolute atomic E-state index is 12.7. The highest BCUT2D eigenvalue weighted by molar-refractivity contribution is 5.93. The Bertz CT molecular complexity index is 819. The van der Waals surface area contributed by atoms with Gasteiger partial charge in [-0.05, 0) is 42.6 Å². The molecule has 0 radical (unpaired) electrons. The van der Waals surface area contributed by atoms with Gasteiger partial charge in [-0.15, -0.1) is 0 Å². The Hall–Kier alpha value is -2.53. The highest BCUT2D eigenvalue weighted by atomic mass is 16.6. The molecule has 5 heteroatoms. The topological polar surface area (TPSA) is 50.8 Å². The van der Waals surface area contributed by atoms with Gasteiger partial charge in [-0.2, -0.15) is 0 Å². The number of hydrogen-bond acceptors (Lipinski definition) is 4. The first-order chi connectivity index (χ1) is 13.5. The molecule has 1 atom stereocenters. The molecule has 2 aromatic rings. The van der Waals surface area contributed by atoms with Gasteiger partial charge in [0.1, 0.15) is 12.7 Å². The van der Waals surface area contributed by atoms with E-state index in [4.69, 9.17) is 9.47 Å². The number of benzene rings is 2. The lowest BCUT2D eigenvalue weighted by atomic mass is 9.98. The number of hydrogen-bond donors (Lipinski definition) is 1. The number of para-hydroxylation sites is 3. The first kappa shape index (κ1) is 20.2. The molecule has 1 aliphatic heterocycles. The summed E-state index contributed by atoms with van der Waals surface area (Å²) >= 11 is 0. The molecule has 0 aromatic heterocycles. The number of likely N-dealkylation sites (N-methyl/N-ethyl adjacent to an activating group) is 1. The van der Waals surface area contributed by atoms with Crippen LogP contribution in [0.3, 0.4) is 0 Å². The molecule has 0 aliphatic carbocycles. The fourth-order valence-corrected chi connectivity index (χ4v) is 3.47. The average Bonchev–Trinajstić information content (AvgIpc) is 2.68. The predicted molar refractivity (Wildman–Crippen MR) is 112 cm³/mol. The van der Waals surface area contributed by atoms with Gasteiger partial charge in [-0.3, -0.25) is 9.69 Å². The molecule has 0 fully saturated rings. The Morgan fingerprint density at radius 3 is 2.64 bits per heavy atom. The molecule has 1 aliphatic rings. The van der Waals surface area contributed by atoms with Crippen LogP contribution in [-0.4, -0.2) is 43.2 Å². The summed E-state index contributed by atoms with van der Waals surface area (Å²) in [6, 6.07) is 13.8. The Balaban J connectivity index is 1.60. The number of aryl methyl sites for hydroxylation is 1. The predicted octanol–water partition coefficient (Wildman–Crippen LogP) is 4.22. The van der Waals surface area contributed by atoms with Crippen LogP contribution >= 0.6 is 0 Å². The van der Waals surface area contributed by atoms with E-state index in [9.17, 15) is 4.79 Å². The molecule has 2 aromatic carbocycles. The zero-order valence-electron chi connectivity index (χ0n) is 17.2. The highest BCUT2D eigenvalue weighted by Crippen LogP contribution is 2.31. The van der Waals surface area contributed by atoms with Gasteiger partial charge in [0.15, 0.2) is 11.5 Å². The van der Waals surface area contributed by atoms with Crippen molar-refractivity contribution in [3.63, 3.8) is 0 Å². The second-order valence-electron chi connectivity index (χ2n) is 7.57. The van der Waals surface area contributed by atoms with Gasteiger partial charge in [0.25, 0.3) is 0 Å². The lowest BCUT2D eigenvalue weighted by Crippen LogP contribution is -2.43. The standard InChI is InChI=1S/C23H30N2O3/c1-5-25(13-18-15-27-20-11-6-7-12-21(20)28-18)14-22(26)24-23-17(4)9-8-10-19(23)16(2)3/h6-12,16,18H,5,13-15H2,1-4H3,(H,24,26). The van der Waals surface area contributed by atoms with E-state index < -0.39 is 0 Å². The van der Waals surface area contributed by atoms with Crippen LogP contribution in [0.1, 0.15) is 37.8 Å². The van der Waals surface area contributed by atoms with E-state index in [2.05, 4.69) is 37.1 Å². The van der Waals surface area contributed by atoms with E-state index in [1.807, 2.05) is 43.3 Å². The minimum Gasteiger partial charge on any atom is -0.486 e. The molecule has 1 unspecified atom stereocenters. The zero-order chi connectivity index (χ0) is 20.1. The molecule has 1 heterocycles. The van der Waals surface area contributed by atoms with Crippen LogP contribution in [0.4, 0.5) is 5.69 Å². The summed E-state index contributed by atoms with van der Waals surface area (Å²) in [5, 5.41) is 3.13. The monoisotopic (exact) mass is 382 g/mol. The molecule has 0 saturated carbocycles. The number of ether oxygens (including phenoxy) is 2. The quantitative estimate of drug-likeness (QED) is 0.779. The van der Waals surface area contributed by atoms with Gasteiger partial charge in [0.2, 0.25) is 5.91 Å². The molecule has 5 nitrogen and oxygen atoms in total. The summed E-state index contributed by atoms with van der Waals surface area (Å²) in [5.74, 6) is 1.89. The van der Waals surface area contributed by atoms with Gasteiger partial charge >= 0.3 is 0 Å². The van der Waals surface area contributed by atoms with Crippen LogP contribution in [0, 0.1) is 6.92 Å². The summed E-state index contributed by atoms with van der Waals surface area (Å²) in [6.07, 6.45) is -0.0904. The smallest absolute Gasteiger partial charge is 0.238 e. The number of nitrogens with one attached hydrogen (secondary N) is 1. The Labute approximate surface area is 167 Å². The van der Waals surface area contributed by atoms with E-state index in [1.54, 1.807) is 0 Å². The number of amides is 1. The first-order valence-electron chi connectivity index (χ1n) is 9.98. The Kier molecular flexibility index (Phi) is 6.57. The van der Waals surface area contributed by atoms with Crippen LogP contribution in [0.2, 0.25) is 0 Å². The maximum Gasteiger partial charge on any atom is 0.238 e. The summed E-state index contributed by atoms with van der Waals surface area (Å²) in [4.78, 5) is 14.8. The van der Waals surface area contributed by atoms with E-state index in [1.165, 1.54) is 0 Å². The molecule has 150 valence electrons. The van der Waals surface area contributed by atoms with E-state index in [0.717, 1.165) is 34.9 Å². The minimum absolute atomic E-state index is 0.00446. The van der Waals surface area contributed by atoms with Gasteiger partial charge < -0.3 is 14.8 Å². The third-order valence-corrected chi connectivity index (χ3v) is 5.04. The Morgan fingerprint density at radius 2 is 1.93 bits per heavy atom. The molecule has 28 heavy (non-hydrogen) atoms. The number of carbonyl (C=O) groups is 1. The number of fused-ring (bicyclic) bond motifs is 1. The molecule has 0 saturated heterocycles. The van der Waals surface area contributed by atoms with Crippen molar-refractivity contribution in [2.24, 2.45) is 0 Å². The lowest BCUT2D eigenvalue weighted by Gasteiger charge is -2.30. The number of nitrogens with zero attached hydrogens (tertiary/aromatic N) is 1. The highest BCUT2D eigenvalue weighted by Gasteiger charge is 2.24. The summed E-state index contributed by atoms with van der Waals surface area (Å²) < 4.78 is 11.8. The molecular weight excluding hydrogens is 352 g/mol. The van der Waals surface area contributed by atoms with E-state index >= 15 is 0 Å². The fourth-order valence-electron chi connectivity index (χ4n) is 3.47. The van der Waals surface area contributed by atoms with Crippen molar-refractivity contribution < 1.29 is 14.3 Å². The van der Waals surface area contributed by atoms with Gasteiger partial charge in [-0.1, -0.05) is 51.1 Å². The summed E-state index contributed by atoms with van der Waals surface area (Å²) in [6.45, 7) is 10.6. The van der Waals surface area contributed by atoms with Crippen molar-refractivity contribution in [2.45, 2.75) is 39.7 Å². The molecule has 1 N–H and O–H groups in total. The van der Waals surface area contributed by atoms with Gasteiger partial charge in [-0.25, -0.2) is 0 Å². The maximum atomic E-state index is 12.7. The Morgan fingerprint density at radius 1 is 1.18 bits per heavy atom. The van der Waals surface area contributed by atoms with Crippen molar-refractivity contribution in [1.82, 2.24) is 4.90 Å². The zero-order valence-corrected chi connectivity index (χ0v) is 17.2. The molecular formula is C23H30N2O3. The van der Waals surface area contributed by atoms with Crippen LogP contribution < -0.4 is 14.8 Å². The van der Waals surface area contributed by atoms with Crippen molar-refractivity contribution in [3.8, 4) is 11.5 Å². The average molecular weight is 383 g/mol. The third kappa shape index (κ3) is 4.84. The number of carbonyl (C=O) groups excluding carboxylic acids is 1. The largest absolute Gasteiger partial charge is 0.486 e. The number of anilines is 1. The molecule has 1 amide bonds. The van der Waals surface area contributed by atoms with E-state index in [0.29, 0.717) is 25.6 Å². The summed E-state index contributed by atoms with van der Waals surface area (Å²) in [5.41, 5.74) is 3.19. The van der Waals surface area contributed by atoms with E-state index in [-0.39, 0.29) is 12.0 Å². The SMILES string of the molecule is CCN(CC(=O)Nc1c(C)cccc1C(C)C)CC1COc2ccccc2O1. The van der Waals surface area contributed by atoms with Crippen molar-refractivity contribution in [2.75, 3.05) is 31.6 Å². The second-order valence-corrected chi connectivity index (χ2v) is 7.57. The van der Waals surface area contributed by atoms with Crippen molar-refractivity contribution in [1.29, 1.82) is 0 Å². The molecule has 3 rings (SSSR count). The van der Waals surface area contributed by atoms with Gasteiger partial charge in [0, 0.05) is 12.2 Å². The summed E-state index contributed by atoms with van der Waals surface area (Å²) in [7, 11) is 0. The van der Waals surface area contributed by atoms with Crippen LogP contribution in [0.25, 0.3) is 0 Å². The molecule has 0 spiro atoms. The lowest BCUT2D eigenvalue weighted by molar-refractivity contribution is -0.117. The van der Waals surface area contributed by atoms with Gasteiger partial charge in [0.05, 0.1) is 6.54 Å².